The van der Waals surface area contributed by atoms with E-state index in [2.05, 4.69) is 5.32 Å². The minimum absolute atomic E-state index is 0.187. The molecule has 0 spiro atoms. The number of carboxylic acid groups (broad SMARTS) is 1. The summed E-state index contributed by atoms with van der Waals surface area (Å²) in [6, 6.07) is 3.00. The van der Waals surface area contributed by atoms with Crippen LogP contribution in [0.5, 0.6) is 0 Å². The summed E-state index contributed by atoms with van der Waals surface area (Å²) in [5.41, 5.74) is 5.43. The van der Waals surface area contributed by atoms with Crippen molar-refractivity contribution in [2.75, 3.05) is 18.5 Å². The molecule has 0 aliphatic carbocycles. The second-order valence-corrected chi connectivity index (χ2v) is 4.30. The first-order valence-corrected chi connectivity index (χ1v) is 5.66. The molecule has 19 heavy (non-hydrogen) atoms. The molecule has 1 amide bonds. The molecule has 1 aromatic rings. The highest BCUT2D eigenvalue weighted by molar-refractivity contribution is 5.94. The molecule has 0 radical (unpaired) electrons. The van der Waals surface area contributed by atoms with Crippen molar-refractivity contribution in [3.8, 4) is 0 Å². The minimum Gasteiger partial charge on any atom is -0.478 e. The van der Waals surface area contributed by atoms with E-state index in [0.29, 0.717) is 6.61 Å². The van der Waals surface area contributed by atoms with Gasteiger partial charge < -0.3 is 20.9 Å². The first-order valence-electron chi connectivity index (χ1n) is 5.66. The molecule has 2 unspecified atom stereocenters. The maximum atomic E-state index is 13.4. The number of carboxylic acids is 1. The Hall–Kier alpha value is -1.99. The van der Waals surface area contributed by atoms with Crippen LogP contribution in [0.15, 0.2) is 18.2 Å². The fourth-order valence-corrected chi connectivity index (χ4v) is 1.84. The van der Waals surface area contributed by atoms with Crippen LogP contribution in [0, 0.1) is 11.7 Å². The summed E-state index contributed by atoms with van der Waals surface area (Å²) in [6.07, 6.45) is 0. The van der Waals surface area contributed by atoms with Gasteiger partial charge in [0, 0.05) is 11.7 Å². The summed E-state index contributed by atoms with van der Waals surface area (Å²) < 4.78 is 18.5. The maximum absolute atomic E-state index is 13.4. The van der Waals surface area contributed by atoms with Gasteiger partial charge >= 0.3 is 5.97 Å². The van der Waals surface area contributed by atoms with Gasteiger partial charge in [-0.15, -0.1) is 0 Å². The lowest BCUT2D eigenvalue weighted by Crippen LogP contribution is -2.37. The quantitative estimate of drug-likeness (QED) is 0.738. The zero-order valence-electron chi connectivity index (χ0n) is 9.93. The van der Waals surface area contributed by atoms with Crippen molar-refractivity contribution < 1.29 is 23.8 Å². The average molecular weight is 268 g/mol. The predicted molar refractivity (Wildman–Crippen MR) is 64.3 cm³/mol. The number of carbonyl (C=O) groups excluding carboxylic acids is 1. The molecule has 102 valence electrons. The van der Waals surface area contributed by atoms with E-state index in [9.17, 15) is 14.0 Å². The Balaban J connectivity index is 2.09. The van der Waals surface area contributed by atoms with E-state index in [1.165, 1.54) is 6.07 Å². The number of nitrogens with two attached hydrogens (primary N) is 1. The largest absolute Gasteiger partial charge is 0.478 e. The van der Waals surface area contributed by atoms with Gasteiger partial charge in [0.25, 0.3) is 0 Å². The Morgan fingerprint density at radius 2 is 2.16 bits per heavy atom. The zero-order chi connectivity index (χ0) is 14.0. The van der Waals surface area contributed by atoms with E-state index in [-0.39, 0.29) is 24.2 Å². The average Bonchev–Trinajstić information content (AvgIpc) is 2.75. The summed E-state index contributed by atoms with van der Waals surface area (Å²) in [4.78, 5) is 22.5. The molecule has 1 saturated heterocycles. The topological polar surface area (TPSA) is 102 Å². The summed E-state index contributed by atoms with van der Waals surface area (Å²) in [5.74, 6) is -3.12. The van der Waals surface area contributed by atoms with Crippen molar-refractivity contribution in [3.63, 3.8) is 0 Å². The van der Waals surface area contributed by atoms with Gasteiger partial charge in [-0.1, -0.05) is 0 Å². The van der Waals surface area contributed by atoms with Crippen LogP contribution in [0.25, 0.3) is 0 Å². The number of nitrogens with one attached hydrogen (secondary N) is 1. The summed E-state index contributed by atoms with van der Waals surface area (Å²) in [5, 5.41) is 11.2. The highest BCUT2D eigenvalue weighted by atomic mass is 19.1. The van der Waals surface area contributed by atoms with Crippen molar-refractivity contribution in [1.29, 1.82) is 0 Å². The molecule has 2 atom stereocenters. The predicted octanol–water partition coefficient (Wildman–Crippen LogP) is 0.436. The van der Waals surface area contributed by atoms with Crippen molar-refractivity contribution >= 4 is 17.6 Å². The lowest BCUT2D eigenvalue weighted by molar-refractivity contribution is -0.120. The van der Waals surface area contributed by atoms with Crippen LogP contribution in [-0.2, 0) is 9.53 Å². The van der Waals surface area contributed by atoms with Crippen LogP contribution in [0.2, 0.25) is 0 Å². The third kappa shape index (κ3) is 2.88. The van der Waals surface area contributed by atoms with Crippen LogP contribution in [0.4, 0.5) is 10.1 Å². The molecule has 0 bridgehead atoms. The van der Waals surface area contributed by atoms with Gasteiger partial charge in [0.2, 0.25) is 5.91 Å². The molecular weight excluding hydrogens is 255 g/mol. The highest BCUT2D eigenvalue weighted by Gasteiger charge is 2.31. The van der Waals surface area contributed by atoms with Crippen LogP contribution in [0.1, 0.15) is 10.4 Å². The Morgan fingerprint density at radius 3 is 2.68 bits per heavy atom. The Kier molecular flexibility index (Phi) is 3.77. The number of halogens is 1. The van der Waals surface area contributed by atoms with Crippen molar-refractivity contribution in [2.24, 2.45) is 11.7 Å². The minimum atomic E-state index is -1.36. The first-order chi connectivity index (χ1) is 8.99. The number of rotatable bonds is 3. The van der Waals surface area contributed by atoms with Crippen molar-refractivity contribution in [2.45, 2.75) is 6.04 Å². The normalized spacial score (nSPS) is 22.2. The third-order valence-corrected chi connectivity index (χ3v) is 2.93. The summed E-state index contributed by atoms with van der Waals surface area (Å²) in [6.45, 7) is 0.535. The van der Waals surface area contributed by atoms with Crippen molar-refractivity contribution in [3.05, 3.63) is 29.6 Å². The standard InChI is InChI=1S/C12H13FN2O4/c13-9-3-6(1-2-7(9)12(17)18)15-11(16)8-4-19-5-10(8)14/h1-3,8,10H,4-5,14H2,(H,15,16)(H,17,18). The van der Waals surface area contributed by atoms with Gasteiger partial charge in [0.15, 0.2) is 0 Å². The molecule has 1 aliphatic heterocycles. The molecular formula is C12H13FN2O4. The van der Waals surface area contributed by atoms with Gasteiger partial charge in [-0.3, -0.25) is 4.79 Å². The zero-order valence-corrected chi connectivity index (χ0v) is 9.93. The number of benzene rings is 1. The number of ether oxygens (including phenoxy) is 1. The van der Waals surface area contributed by atoms with Crippen LogP contribution < -0.4 is 11.1 Å². The number of hydrogen-bond acceptors (Lipinski definition) is 4. The fourth-order valence-electron chi connectivity index (χ4n) is 1.84. The SMILES string of the molecule is NC1COCC1C(=O)Nc1ccc(C(=O)O)c(F)c1. The monoisotopic (exact) mass is 268 g/mol. The smallest absolute Gasteiger partial charge is 0.338 e. The molecule has 1 fully saturated rings. The third-order valence-electron chi connectivity index (χ3n) is 2.93. The maximum Gasteiger partial charge on any atom is 0.338 e. The number of aromatic carboxylic acids is 1. The molecule has 0 aromatic heterocycles. The number of anilines is 1. The second-order valence-electron chi connectivity index (χ2n) is 4.30. The van der Waals surface area contributed by atoms with Crippen LogP contribution in [0.3, 0.4) is 0 Å². The molecule has 1 aromatic carbocycles. The number of carbonyl (C=O) groups is 2. The molecule has 7 heteroatoms. The van der Waals surface area contributed by atoms with Crippen LogP contribution >= 0.6 is 0 Å². The van der Waals surface area contributed by atoms with Crippen molar-refractivity contribution in [1.82, 2.24) is 0 Å². The second kappa shape index (κ2) is 5.33. The van der Waals surface area contributed by atoms with E-state index in [4.69, 9.17) is 15.6 Å². The Morgan fingerprint density at radius 1 is 1.42 bits per heavy atom. The van der Waals surface area contributed by atoms with E-state index < -0.39 is 23.3 Å². The molecule has 0 saturated carbocycles. The number of hydrogen-bond donors (Lipinski definition) is 3. The summed E-state index contributed by atoms with van der Waals surface area (Å²) >= 11 is 0. The highest BCUT2D eigenvalue weighted by Crippen LogP contribution is 2.18. The molecule has 1 heterocycles. The number of amides is 1. The van der Waals surface area contributed by atoms with Gasteiger partial charge in [-0.2, -0.15) is 0 Å². The lowest BCUT2D eigenvalue weighted by atomic mass is 10.0. The van der Waals surface area contributed by atoms with Crippen LogP contribution in [-0.4, -0.2) is 36.2 Å². The van der Waals surface area contributed by atoms with E-state index >= 15 is 0 Å². The molecule has 6 nitrogen and oxygen atoms in total. The van der Waals surface area contributed by atoms with E-state index in [1.54, 1.807) is 0 Å². The fraction of sp³-hybridized carbons (Fsp3) is 0.333. The van der Waals surface area contributed by atoms with Gasteiger partial charge in [-0.25, -0.2) is 9.18 Å². The van der Waals surface area contributed by atoms with Gasteiger partial charge in [0.05, 0.1) is 24.7 Å². The molecule has 4 N–H and O–H groups in total. The van der Waals surface area contributed by atoms with E-state index in [1.807, 2.05) is 0 Å². The van der Waals surface area contributed by atoms with Gasteiger partial charge in [0.1, 0.15) is 5.82 Å². The Bertz CT molecular complexity index is 520. The Labute approximate surface area is 108 Å². The molecule has 2 rings (SSSR count). The van der Waals surface area contributed by atoms with Gasteiger partial charge in [-0.05, 0) is 18.2 Å². The summed E-state index contributed by atoms with van der Waals surface area (Å²) in [7, 11) is 0. The lowest BCUT2D eigenvalue weighted by Gasteiger charge is -2.13. The van der Waals surface area contributed by atoms with E-state index in [0.717, 1.165) is 12.1 Å². The first kappa shape index (κ1) is 13.4. The molecule has 1 aliphatic rings.